The molecule has 0 radical (unpaired) electrons. The van der Waals surface area contributed by atoms with Gasteiger partial charge >= 0.3 is 5.97 Å². The average molecular weight is 665 g/mol. The quantitative estimate of drug-likeness (QED) is 0.0402. The monoisotopic (exact) mass is 665 g/mol. The summed E-state index contributed by atoms with van der Waals surface area (Å²) >= 11 is 0. The van der Waals surface area contributed by atoms with Gasteiger partial charge in [-0.25, -0.2) is 0 Å². The van der Waals surface area contributed by atoms with Crippen molar-refractivity contribution in [2.45, 2.75) is 238 Å². The first kappa shape index (κ1) is 46.1. The second kappa shape index (κ2) is 41.3. The van der Waals surface area contributed by atoms with Crippen molar-refractivity contribution in [1.29, 1.82) is 0 Å². The van der Waals surface area contributed by atoms with Crippen LogP contribution in [-0.4, -0.2) is 37.0 Å². The van der Waals surface area contributed by atoms with Crippen LogP contribution in [-0.2, 0) is 14.3 Å². The van der Waals surface area contributed by atoms with Crippen LogP contribution in [0.4, 0.5) is 0 Å². The van der Waals surface area contributed by atoms with Crippen molar-refractivity contribution < 1.29 is 19.4 Å². The molecule has 280 valence electrons. The summed E-state index contributed by atoms with van der Waals surface area (Å²) in [5.41, 5.74) is 0. The molecule has 47 heavy (non-hydrogen) atoms. The van der Waals surface area contributed by atoms with E-state index in [1.54, 1.807) is 0 Å². The van der Waals surface area contributed by atoms with Crippen molar-refractivity contribution in [3.8, 4) is 0 Å². The Kier molecular flexibility index (Phi) is 40.5. The van der Waals surface area contributed by atoms with Crippen LogP contribution in [0.5, 0.6) is 0 Å². The SMILES string of the molecule is CCCCCCCCC/C=C\CCCCCCCCCC(=O)OC(CO)COCCCCCCCCCCCCCCCCCCC. The fourth-order valence-corrected chi connectivity index (χ4v) is 6.38. The number of hydrogen-bond donors (Lipinski definition) is 1. The van der Waals surface area contributed by atoms with E-state index in [1.165, 1.54) is 193 Å². The molecule has 4 nitrogen and oxygen atoms in total. The molecule has 1 N–H and O–H groups in total. The van der Waals surface area contributed by atoms with E-state index < -0.39 is 6.10 Å². The van der Waals surface area contributed by atoms with Gasteiger partial charge in [-0.05, 0) is 38.5 Å². The molecule has 0 rings (SSSR count). The number of allylic oxidation sites excluding steroid dienone is 2. The predicted octanol–water partition coefficient (Wildman–Crippen LogP) is 13.8. The Hall–Kier alpha value is -0.870. The summed E-state index contributed by atoms with van der Waals surface area (Å²) in [6.45, 7) is 5.38. The lowest BCUT2D eigenvalue weighted by molar-refractivity contribution is -0.154. The first-order valence-electron chi connectivity index (χ1n) is 21.3. The van der Waals surface area contributed by atoms with Gasteiger partial charge in [-0.15, -0.1) is 0 Å². The summed E-state index contributed by atoms with van der Waals surface area (Å²) in [7, 11) is 0. The number of esters is 1. The molecular formula is C43H84O4. The van der Waals surface area contributed by atoms with Crippen LogP contribution in [0.25, 0.3) is 0 Å². The summed E-state index contributed by atoms with van der Waals surface area (Å²) in [4.78, 5) is 12.2. The molecule has 0 saturated heterocycles. The molecule has 0 aromatic carbocycles. The molecule has 0 fully saturated rings. The van der Waals surface area contributed by atoms with E-state index >= 15 is 0 Å². The third-order valence-corrected chi connectivity index (χ3v) is 9.59. The van der Waals surface area contributed by atoms with Crippen LogP contribution in [0.1, 0.15) is 232 Å². The van der Waals surface area contributed by atoms with Crippen LogP contribution in [0.2, 0.25) is 0 Å². The summed E-state index contributed by atoms with van der Waals surface area (Å²) in [5.74, 6) is -0.200. The molecular weight excluding hydrogens is 580 g/mol. The summed E-state index contributed by atoms with van der Waals surface area (Å²) < 4.78 is 11.2. The van der Waals surface area contributed by atoms with E-state index in [2.05, 4.69) is 26.0 Å². The Labute approximate surface area is 295 Å². The molecule has 4 heteroatoms. The van der Waals surface area contributed by atoms with E-state index in [9.17, 15) is 9.90 Å². The standard InChI is InChI=1S/C43H84O4/c1-3-5-7-9-11-13-15-17-19-21-22-24-26-28-30-32-34-36-38-43(45)47-42(40-44)41-46-39-37-35-33-31-29-27-25-23-20-18-16-14-12-10-8-6-4-2/h19,21,42,44H,3-18,20,22-41H2,1-2H3/b21-19-. The molecule has 0 aliphatic heterocycles. The Morgan fingerprint density at radius 1 is 0.489 bits per heavy atom. The number of carbonyl (C=O) groups is 1. The topological polar surface area (TPSA) is 55.8 Å². The molecule has 0 spiro atoms. The fraction of sp³-hybridized carbons (Fsp3) is 0.930. The highest BCUT2D eigenvalue weighted by atomic mass is 16.6. The molecule has 0 aromatic heterocycles. The number of aliphatic hydroxyl groups excluding tert-OH is 1. The number of rotatable bonds is 40. The maximum absolute atomic E-state index is 12.2. The predicted molar refractivity (Wildman–Crippen MR) is 205 cm³/mol. The smallest absolute Gasteiger partial charge is 0.306 e. The lowest BCUT2D eigenvalue weighted by Crippen LogP contribution is -2.27. The van der Waals surface area contributed by atoms with Crippen molar-refractivity contribution in [3.63, 3.8) is 0 Å². The molecule has 1 atom stereocenters. The average Bonchev–Trinajstić information content (AvgIpc) is 3.08. The minimum atomic E-state index is -0.530. The van der Waals surface area contributed by atoms with Gasteiger partial charge in [0, 0.05) is 13.0 Å². The normalized spacial score (nSPS) is 12.3. The van der Waals surface area contributed by atoms with Crippen molar-refractivity contribution >= 4 is 5.97 Å². The number of unbranched alkanes of at least 4 members (excludes halogenated alkanes) is 30. The van der Waals surface area contributed by atoms with Crippen molar-refractivity contribution in [2.75, 3.05) is 19.8 Å². The van der Waals surface area contributed by atoms with Gasteiger partial charge in [-0.2, -0.15) is 0 Å². The summed E-state index contributed by atoms with van der Waals surface area (Å²) in [6, 6.07) is 0. The minimum Gasteiger partial charge on any atom is -0.457 e. The maximum Gasteiger partial charge on any atom is 0.306 e. The van der Waals surface area contributed by atoms with E-state index in [0.29, 0.717) is 19.6 Å². The molecule has 0 heterocycles. The van der Waals surface area contributed by atoms with Crippen LogP contribution >= 0.6 is 0 Å². The van der Waals surface area contributed by atoms with Crippen LogP contribution in [0, 0.1) is 0 Å². The Morgan fingerprint density at radius 3 is 1.21 bits per heavy atom. The Bertz CT molecular complexity index is 619. The van der Waals surface area contributed by atoms with Gasteiger partial charge in [0.2, 0.25) is 0 Å². The van der Waals surface area contributed by atoms with Gasteiger partial charge in [0.15, 0.2) is 0 Å². The molecule has 0 aliphatic rings. The highest BCUT2D eigenvalue weighted by Crippen LogP contribution is 2.15. The Balaban J connectivity index is 3.39. The lowest BCUT2D eigenvalue weighted by Gasteiger charge is -2.16. The molecule has 1 unspecified atom stereocenters. The number of ether oxygens (including phenoxy) is 2. The van der Waals surface area contributed by atoms with Crippen LogP contribution in [0.3, 0.4) is 0 Å². The largest absolute Gasteiger partial charge is 0.457 e. The van der Waals surface area contributed by atoms with Gasteiger partial charge < -0.3 is 14.6 Å². The van der Waals surface area contributed by atoms with Gasteiger partial charge in [-0.1, -0.05) is 199 Å². The summed E-state index contributed by atoms with van der Waals surface area (Å²) in [6.07, 6.45) is 48.4. The Morgan fingerprint density at radius 2 is 0.830 bits per heavy atom. The van der Waals surface area contributed by atoms with Crippen LogP contribution < -0.4 is 0 Å². The third-order valence-electron chi connectivity index (χ3n) is 9.59. The van der Waals surface area contributed by atoms with Crippen LogP contribution in [0.15, 0.2) is 12.2 Å². The zero-order valence-corrected chi connectivity index (χ0v) is 32.1. The summed E-state index contributed by atoms with van der Waals surface area (Å²) in [5, 5.41) is 9.59. The lowest BCUT2D eigenvalue weighted by atomic mass is 10.0. The first-order valence-corrected chi connectivity index (χ1v) is 21.3. The van der Waals surface area contributed by atoms with Gasteiger partial charge in [0.1, 0.15) is 6.10 Å². The highest BCUT2D eigenvalue weighted by Gasteiger charge is 2.13. The fourth-order valence-electron chi connectivity index (χ4n) is 6.38. The second-order valence-electron chi connectivity index (χ2n) is 14.4. The zero-order chi connectivity index (χ0) is 34.1. The van der Waals surface area contributed by atoms with Gasteiger partial charge in [0.25, 0.3) is 0 Å². The van der Waals surface area contributed by atoms with E-state index in [4.69, 9.17) is 9.47 Å². The highest BCUT2D eigenvalue weighted by molar-refractivity contribution is 5.69. The number of aliphatic hydroxyl groups is 1. The molecule has 0 bridgehead atoms. The molecule has 0 aliphatic carbocycles. The van der Waals surface area contributed by atoms with Crippen molar-refractivity contribution in [2.24, 2.45) is 0 Å². The van der Waals surface area contributed by atoms with E-state index in [-0.39, 0.29) is 12.6 Å². The maximum atomic E-state index is 12.2. The zero-order valence-electron chi connectivity index (χ0n) is 32.1. The van der Waals surface area contributed by atoms with E-state index in [1.807, 2.05) is 0 Å². The minimum absolute atomic E-state index is 0.168. The van der Waals surface area contributed by atoms with Gasteiger partial charge in [-0.3, -0.25) is 4.79 Å². The van der Waals surface area contributed by atoms with E-state index in [0.717, 1.165) is 19.3 Å². The molecule has 0 saturated carbocycles. The number of hydrogen-bond acceptors (Lipinski definition) is 4. The molecule has 0 amide bonds. The number of carbonyl (C=O) groups excluding carboxylic acids is 1. The van der Waals surface area contributed by atoms with Crippen molar-refractivity contribution in [1.82, 2.24) is 0 Å². The molecule has 0 aromatic rings. The van der Waals surface area contributed by atoms with Crippen molar-refractivity contribution in [3.05, 3.63) is 12.2 Å². The first-order chi connectivity index (χ1) is 23.2. The third kappa shape index (κ3) is 39.5. The van der Waals surface area contributed by atoms with Gasteiger partial charge in [0.05, 0.1) is 13.2 Å². The second-order valence-corrected chi connectivity index (χ2v) is 14.4.